The smallest absolute Gasteiger partial charge is 0.178 e. The molecule has 3 heterocycles. The maximum Gasteiger partial charge on any atom is 0.178 e. The van der Waals surface area contributed by atoms with E-state index in [1.165, 1.54) is 17.8 Å². The van der Waals surface area contributed by atoms with Crippen LogP contribution in [0.25, 0.3) is 0 Å². The molecule has 3 aromatic rings. The molecule has 0 bridgehead atoms. The molecule has 0 spiro atoms. The van der Waals surface area contributed by atoms with Gasteiger partial charge in [-0.1, -0.05) is 30.0 Å². The van der Waals surface area contributed by atoms with Gasteiger partial charge in [-0.05, 0) is 24.6 Å². The summed E-state index contributed by atoms with van der Waals surface area (Å²) in [6, 6.07) is 10.0. The molecule has 1 fully saturated rings. The van der Waals surface area contributed by atoms with E-state index >= 15 is 0 Å². The Labute approximate surface area is 166 Å². The number of imidazole rings is 1. The number of benzene rings is 1. The molecule has 1 saturated heterocycles. The van der Waals surface area contributed by atoms with Crippen molar-refractivity contribution in [2.45, 2.75) is 18.7 Å². The molecule has 0 amide bonds. The predicted molar refractivity (Wildman–Crippen MR) is 108 cm³/mol. The van der Waals surface area contributed by atoms with Crippen molar-refractivity contribution in [2.75, 3.05) is 12.3 Å². The first-order chi connectivity index (χ1) is 13.7. The number of amidine groups is 1. The third kappa shape index (κ3) is 3.79. The van der Waals surface area contributed by atoms with E-state index in [1.807, 2.05) is 22.9 Å². The Balaban J connectivity index is 1.63. The molecule has 2 aromatic heterocycles. The molecule has 1 atom stereocenters. The minimum Gasteiger partial charge on any atom is -0.366 e. The topological polar surface area (TPSA) is 66.5 Å². The van der Waals surface area contributed by atoms with Crippen LogP contribution < -0.4 is 0 Å². The number of halogens is 1. The highest BCUT2D eigenvalue weighted by Gasteiger charge is 2.46. The third-order valence-electron chi connectivity index (χ3n) is 4.61. The average molecular weight is 397 g/mol. The lowest BCUT2D eigenvalue weighted by Crippen LogP contribution is -2.46. The largest absolute Gasteiger partial charge is 0.366 e. The van der Waals surface area contributed by atoms with Crippen LogP contribution in [-0.4, -0.2) is 42.0 Å². The number of aromatic nitrogens is 3. The van der Waals surface area contributed by atoms with E-state index in [-0.39, 0.29) is 5.56 Å². The molecule has 1 aliphatic heterocycles. The standard InChI is InChI=1S/C20H20FN5OS/c21-18-7-2-1-6-17(18)20(27)14-28-19(24-16-5-3-8-22-13-16)26(20)11-4-10-25-12-9-23-15-25/h1-3,5-9,12-13,15,27H,4,10-11,14H2/t20-/m0/s1. The third-order valence-corrected chi connectivity index (χ3v) is 5.73. The van der Waals surface area contributed by atoms with Crippen molar-refractivity contribution in [3.05, 3.63) is 78.9 Å². The van der Waals surface area contributed by atoms with Gasteiger partial charge in [0.2, 0.25) is 0 Å². The van der Waals surface area contributed by atoms with Gasteiger partial charge < -0.3 is 14.6 Å². The summed E-state index contributed by atoms with van der Waals surface area (Å²) in [7, 11) is 0. The van der Waals surface area contributed by atoms with Crippen LogP contribution in [0, 0.1) is 5.82 Å². The van der Waals surface area contributed by atoms with Crippen LogP contribution in [-0.2, 0) is 12.3 Å². The highest BCUT2D eigenvalue weighted by atomic mass is 32.2. The van der Waals surface area contributed by atoms with E-state index in [0.29, 0.717) is 23.2 Å². The summed E-state index contributed by atoms with van der Waals surface area (Å²) in [5, 5.41) is 12.1. The van der Waals surface area contributed by atoms with Crippen LogP contribution in [0.2, 0.25) is 0 Å². The van der Waals surface area contributed by atoms with Gasteiger partial charge in [0.25, 0.3) is 0 Å². The van der Waals surface area contributed by atoms with Gasteiger partial charge in [0.1, 0.15) is 5.82 Å². The van der Waals surface area contributed by atoms with Crippen LogP contribution in [0.3, 0.4) is 0 Å². The summed E-state index contributed by atoms with van der Waals surface area (Å²) in [4.78, 5) is 14.6. The molecule has 28 heavy (non-hydrogen) atoms. The quantitative estimate of drug-likeness (QED) is 0.691. The van der Waals surface area contributed by atoms with Gasteiger partial charge >= 0.3 is 0 Å². The van der Waals surface area contributed by atoms with Crippen molar-refractivity contribution < 1.29 is 9.50 Å². The number of hydrogen-bond acceptors (Lipinski definition) is 5. The fourth-order valence-electron chi connectivity index (χ4n) is 3.22. The number of aryl methyl sites for hydroxylation is 1. The summed E-state index contributed by atoms with van der Waals surface area (Å²) >= 11 is 1.42. The number of nitrogens with zero attached hydrogens (tertiary/aromatic N) is 5. The SMILES string of the molecule is O[C@]1(c2ccccc2F)CSC(=Nc2cccnc2)N1CCCn1ccnc1. The van der Waals surface area contributed by atoms with E-state index in [9.17, 15) is 9.50 Å². The van der Waals surface area contributed by atoms with Gasteiger partial charge in [-0.25, -0.2) is 14.4 Å². The number of aliphatic hydroxyl groups is 1. The van der Waals surface area contributed by atoms with Crippen LogP contribution >= 0.6 is 11.8 Å². The lowest BCUT2D eigenvalue weighted by molar-refractivity contribution is -0.0511. The zero-order chi connectivity index (χ0) is 19.4. The zero-order valence-corrected chi connectivity index (χ0v) is 16.0. The van der Waals surface area contributed by atoms with Gasteiger partial charge in [0.05, 0.1) is 24.0 Å². The van der Waals surface area contributed by atoms with Crippen LogP contribution in [0.15, 0.2) is 72.5 Å². The maximum atomic E-state index is 14.5. The molecular weight excluding hydrogens is 377 g/mol. The lowest BCUT2D eigenvalue weighted by atomic mass is 10.0. The summed E-state index contributed by atoms with van der Waals surface area (Å²) in [6.45, 7) is 1.27. The molecule has 0 aliphatic carbocycles. The van der Waals surface area contributed by atoms with Gasteiger partial charge in [0, 0.05) is 37.2 Å². The van der Waals surface area contributed by atoms with Crippen LogP contribution in [0.5, 0.6) is 0 Å². The van der Waals surface area contributed by atoms with Crippen molar-refractivity contribution in [3.63, 3.8) is 0 Å². The minimum atomic E-state index is -1.45. The van der Waals surface area contributed by atoms with Crippen molar-refractivity contribution in [1.82, 2.24) is 19.4 Å². The van der Waals surface area contributed by atoms with Crippen molar-refractivity contribution in [1.29, 1.82) is 0 Å². The van der Waals surface area contributed by atoms with Gasteiger partial charge in [0.15, 0.2) is 10.9 Å². The molecule has 1 N–H and O–H groups in total. The average Bonchev–Trinajstić information content (AvgIpc) is 3.33. The van der Waals surface area contributed by atoms with E-state index in [1.54, 1.807) is 48.0 Å². The first-order valence-corrected chi connectivity index (χ1v) is 9.98. The summed E-state index contributed by atoms with van der Waals surface area (Å²) in [5.41, 5.74) is -0.490. The highest BCUT2D eigenvalue weighted by Crippen LogP contribution is 2.40. The molecule has 6 nitrogen and oxygen atoms in total. The van der Waals surface area contributed by atoms with Gasteiger partial charge in [-0.3, -0.25) is 4.98 Å². The normalized spacial score (nSPS) is 20.8. The molecule has 1 aromatic carbocycles. The van der Waals surface area contributed by atoms with Crippen LogP contribution in [0.4, 0.5) is 10.1 Å². The number of pyridine rings is 1. The first-order valence-electron chi connectivity index (χ1n) is 8.99. The molecule has 0 radical (unpaired) electrons. The molecule has 4 rings (SSSR count). The second kappa shape index (κ2) is 8.12. The van der Waals surface area contributed by atoms with E-state index in [4.69, 9.17) is 0 Å². The molecule has 0 unspecified atom stereocenters. The Hall–Kier alpha value is -2.71. The minimum absolute atomic E-state index is 0.265. The van der Waals surface area contributed by atoms with Crippen molar-refractivity contribution >= 4 is 22.6 Å². The predicted octanol–water partition coefficient (Wildman–Crippen LogP) is 3.39. The molecule has 1 aliphatic rings. The molecule has 0 saturated carbocycles. The molecular formula is C20H20FN5OS. The lowest BCUT2D eigenvalue weighted by Gasteiger charge is -2.34. The number of rotatable bonds is 6. The summed E-state index contributed by atoms with van der Waals surface area (Å²) in [6.07, 6.45) is 9.48. The maximum absolute atomic E-state index is 14.5. The molecule has 8 heteroatoms. The number of hydrogen-bond donors (Lipinski definition) is 1. The fraction of sp³-hybridized carbons (Fsp3) is 0.250. The summed E-state index contributed by atoms with van der Waals surface area (Å²) in [5.74, 6) is -0.120. The Morgan fingerprint density at radius 2 is 2.04 bits per heavy atom. The van der Waals surface area contributed by atoms with E-state index in [0.717, 1.165) is 13.0 Å². The zero-order valence-electron chi connectivity index (χ0n) is 15.1. The highest BCUT2D eigenvalue weighted by molar-refractivity contribution is 8.14. The monoisotopic (exact) mass is 397 g/mol. The second-order valence-corrected chi connectivity index (χ2v) is 7.44. The Kier molecular flexibility index (Phi) is 5.40. The van der Waals surface area contributed by atoms with Gasteiger partial charge in [-0.2, -0.15) is 0 Å². The van der Waals surface area contributed by atoms with E-state index < -0.39 is 11.5 Å². The Bertz CT molecular complexity index is 950. The van der Waals surface area contributed by atoms with Crippen molar-refractivity contribution in [3.8, 4) is 0 Å². The Morgan fingerprint density at radius 3 is 2.79 bits per heavy atom. The van der Waals surface area contributed by atoms with E-state index in [2.05, 4.69) is 15.0 Å². The number of aliphatic imine (C=N–C) groups is 1. The summed E-state index contributed by atoms with van der Waals surface area (Å²) < 4.78 is 16.5. The first kappa shape index (κ1) is 18.6. The molecule has 144 valence electrons. The number of thioether (sulfide) groups is 1. The van der Waals surface area contributed by atoms with Crippen molar-refractivity contribution in [2.24, 2.45) is 4.99 Å². The Morgan fingerprint density at radius 1 is 1.14 bits per heavy atom. The van der Waals surface area contributed by atoms with Crippen LogP contribution in [0.1, 0.15) is 12.0 Å². The fourth-order valence-corrected chi connectivity index (χ4v) is 4.43. The second-order valence-electron chi connectivity index (χ2n) is 6.50. The van der Waals surface area contributed by atoms with Gasteiger partial charge in [-0.15, -0.1) is 0 Å².